The number of aliphatic hydroxyl groups excluding tert-OH is 1. The summed E-state index contributed by atoms with van der Waals surface area (Å²) in [5, 5.41) is 25.2. The van der Waals surface area contributed by atoms with Crippen molar-refractivity contribution in [3.8, 4) is 5.75 Å². The molecule has 0 bridgehead atoms. The number of non-ortho nitro benzene ring substituents is 1. The predicted octanol–water partition coefficient (Wildman–Crippen LogP) is 5.19. The lowest BCUT2D eigenvalue weighted by Gasteiger charge is -2.24. The van der Waals surface area contributed by atoms with Gasteiger partial charge in [-0.1, -0.05) is 48.0 Å². The van der Waals surface area contributed by atoms with E-state index in [-0.39, 0.29) is 11.7 Å². The van der Waals surface area contributed by atoms with E-state index in [1.807, 2.05) is 55.5 Å². The van der Waals surface area contributed by atoms with Crippen molar-refractivity contribution in [2.45, 2.75) is 25.5 Å². The number of aliphatic hydroxyl groups is 1. The Morgan fingerprint density at radius 3 is 2.31 bits per heavy atom. The number of rotatable bonds is 8. The Morgan fingerprint density at radius 1 is 1.03 bits per heavy atom. The third-order valence-corrected chi connectivity index (χ3v) is 4.84. The van der Waals surface area contributed by atoms with Crippen LogP contribution >= 0.6 is 0 Å². The van der Waals surface area contributed by atoms with E-state index in [0.717, 1.165) is 22.4 Å². The lowest BCUT2D eigenvalue weighted by Crippen LogP contribution is -2.15. The van der Waals surface area contributed by atoms with Gasteiger partial charge in [-0.15, -0.1) is 0 Å². The molecule has 29 heavy (non-hydrogen) atoms. The Morgan fingerprint density at radius 2 is 1.69 bits per heavy atom. The number of hydrogen-bond acceptors (Lipinski definition) is 5. The van der Waals surface area contributed by atoms with E-state index in [1.165, 1.54) is 12.1 Å². The van der Waals surface area contributed by atoms with E-state index in [0.29, 0.717) is 12.1 Å². The Hall–Kier alpha value is -3.38. The van der Waals surface area contributed by atoms with Crippen LogP contribution in [0.2, 0.25) is 0 Å². The Labute approximate surface area is 169 Å². The molecule has 0 amide bonds. The van der Waals surface area contributed by atoms with Crippen LogP contribution in [0.15, 0.2) is 72.8 Å². The molecule has 0 fully saturated rings. The first-order valence-corrected chi connectivity index (χ1v) is 9.36. The van der Waals surface area contributed by atoms with E-state index in [9.17, 15) is 15.2 Å². The molecule has 0 radical (unpaired) electrons. The van der Waals surface area contributed by atoms with Gasteiger partial charge in [-0.05, 0) is 36.2 Å². The van der Waals surface area contributed by atoms with Crippen LogP contribution in [0.3, 0.4) is 0 Å². The van der Waals surface area contributed by atoms with E-state index in [1.54, 1.807) is 19.2 Å². The average Bonchev–Trinajstić information content (AvgIpc) is 2.74. The fourth-order valence-corrected chi connectivity index (χ4v) is 3.17. The zero-order chi connectivity index (χ0) is 20.8. The van der Waals surface area contributed by atoms with Crippen LogP contribution in [-0.4, -0.2) is 17.1 Å². The van der Waals surface area contributed by atoms with Crippen LogP contribution in [0, 0.1) is 17.0 Å². The molecule has 0 aromatic heterocycles. The van der Waals surface area contributed by atoms with Crippen molar-refractivity contribution in [3.63, 3.8) is 0 Å². The van der Waals surface area contributed by atoms with E-state index < -0.39 is 11.0 Å². The molecule has 0 spiro atoms. The molecule has 2 unspecified atom stereocenters. The summed E-state index contributed by atoms with van der Waals surface area (Å²) in [7, 11) is 1.61. The van der Waals surface area contributed by atoms with Crippen LogP contribution in [0.5, 0.6) is 5.75 Å². The van der Waals surface area contributed by atoms with Crippen molar-refractivity contribution >= 4 is 11.4 Å². The summed E-state index contributed by atoms with van der Waals surface area (Å²) >= 11 is 0. The number of anilines is 1. The Kier molecular flexibility index (Phi) is 6.46. The monoisotopic (exact) mass is 392 g/mol. The first-order chi connectivity index (χ1) is 14.0. The molecule has 150 valence electrons. The smallest absolute Gasteiger partial charge is 0.271 e. The van der Waals surface area contributed by atoms with Crippen LogP contribution in [0.25, 0.3) is 0 Å². The number of methoxy groups -OCH3 is 1. The van der Waals surface area contributed by atoms with Crippen molar-refractivity contribution in [2.24, 2.45) is 0 Å². The number of hydrogen-bond donors (Lipinski definition) is 2. The van der Waals surface area contributed by atoms with Gasteiger partial charge in [0.2, 0.25) is 0 Å². The van der Waals surface area contributed by atoms with Gasteiger partial charge in [0.05, 0.1) is 24.2 Å². The molecule has 0 aliphatic rings. The largest absolute Gasteiger partial charge is 0.497 e. The molecule has 0 aliphatic heterocycles. The summed E-state index contributed by atoms with van der Waals surface area (Å²) < 4.78 is 5.23. The fourth-order valence-electron chi connectivity index (χ4n) is 3.17. The van der Waals surface area contributed by atoms with Gasteiger partial charge in [-0.3, -0.25) is 10.1 Å². The molecule has 6 heteroatoms. The van der Waals surface area contributed by atoms with Crippen molar-refractivity contribution in [3.05, 3.63) is 99.6 Å². The Bertz CT molecular complexity index is 955. The second-order valence-electron chi connectivity index (χ2n) is 6.94. The van der Waals surface area contributed by atoms with Crippen LogP contribution < -0.4 is 10.1 Å². The van der Waals surface area contributed by atoms with Gasteiger partial charge < -0.3 is 15.2 Å². The summed E-state index contributed by atoms with van der Waals surface area (Å²) in [5.41, 5.74) is 3.54. The molecule has 0 aliphatic carbocycles. The quantitative estimate of drug-likeness (QED) is 0.407. The summed E-state index contributed by atoms with van der Waals surface area (Å²) in [6.07, 6.45) is -0.285. The molecule has 3 rings (SSSR count). The minimum Gasteiger partial charge on any atom is -0.497 e. The molecule has 2 N–H and O–H groups in total. The van der Waals surface area contributed by atoms with E-state index in [2.05, 4.69) is 5.32 Å². The molecule has 0 heterocycles. The van der Waals surface area contributed by atoms with Gasteiger partial charge in [0, 0.05) is 24.2 Å². The number of ether oxygens (including phenoxy) is 1. The molecule has 2 atom stereocenters. The number of nitrogens with zero attached hydrogens (tertiary/aromatic N) is 1. The second-order valence-corrected chi connectivity index (χ2v) is 6.94. The van der Waals surface area contributed by atoms with Crippen molar-refractivity contribution in [1.29, 1.82) is 0 Å². The van der Waals surface area contributed by atoms with Crippen LogP contribution in [-0.2, 0) is 0 Å². The minimum absolute atomic E-state index is 0.0163. The number of aryl methyl sites for hydroxylation is 1. The maximum atomic E-state index is 11.1. The molecule has 3 aromatic carbocycles. The second kappa shape index (κ2) is 9.21. The lowest BCUT2D eigenvalue weighted by atomic mass is 9.96. The first-order valence-electron chi connectivity index (χ1n) is 9.36. The molecule has 0 saturated carbocycles. The molecular weight excluding hydrogens is 368 g/mol. The topological polar surface area (TPSA) is 84.6 Å². The predicted molar refractivity (Wildman–Crippen MR) is 113 cm³/mol. The highest BCUT2D eigenvalue weighted by Crippen LogP contribution is 2.31. The minimum atomic E-state index is -0.686. The number of nitrogens with one attached hydrogen (secondary N) is 1. The lowest BCUT2D eigenvalue weighted by molar-refractivity contribution is -0.384. The van der Waals surface area contributed by atoms with Gasteiger partial charge in [-0.25, -0.2) is 0 Å². The van der Waals surface area contributed by atoms with Crippen molar-refractivity contribution < 1.29 is 14.8 Å². The maximum absolute atomic E-state index is 11.1. The average molecular weight is 392 g/mol. The molecule has 6 nitrogen and oxygen atoms in total. The third kappa shape index (κ3) is 5.33. The van der Waals surface area contributed by atoms with Gasteiger partial charge >= 0.3 is 0 Å². The van der Waals surface area contributed by atoms with Gasteiger partial charge in [0.1, 0.15) is 5.75 Å². The van der Waals surface area contributed by atoms with E-state index >= 15 is 0 Å². The Balaban J connectivity index is 1.87. The summed E-state index contributed by atoms with van der Waals surface area (Å²) in [5.74, 6) is 0.738. The normalized spacial score (nSPS) is 12.8. The van der Waals surface area contributed by atoms with Gasteiger partial charge in [-0.2, -0.15) is 0 Å². The highest BCUT2D eigenvalue weighted by Gasteiger charge is 2.19. The van der Waals surface area contributed by atoms with Gasteiger partial charge in [0.15, 0.2) is 0 Å². The fraction of sp³-hybridized carbons (Fsp3) is 0.217. The summed E-state index contributed by atoms with van der Waals surface area (Å²) in [4.78, 5) is 10.7. The standard InChI is InChI=1S/C23H24N2O4/c1-16-6-8-18(9-7-16)23(26)15-22(17-10-12-21(29-2)13-11-17)24-19-4-3-5-20(14-19)25(27)28/h3-14,22-24,26H,15H2,1-2H3. The number of nitro groups is 1. The van der Waals surface area contributed by atoms with Crippen molar-refractivity contribution in [1.82, 2.24) is 0 Å². The summed E-state index contributed by atoms with van der Waals surface area (Å²) in [6.45, 7) is 2.00. The highest BCUT2D eigenvalue weighted by atomic mass is 16.6. The first kappa shape index (κ1) is 20.4. The highest BCUT2D eigenvalue weighted by molar-refractivity contribution is 5.52. The zero-order valence-corrected chi connectivity index (χ0v) is 16.4. The SMILES string of the molecule is COc1ccc(C(CC(O)c2ccc(C)cc2)Nc2cccc([N+](=O)[O-])c2)cc1. The molecule has 0 saturated heterocycles. The van der Waals surface area contributed by atoms with Crippen LogP contribution in [0.1, 0.15) is 35.3 Å². The molecule has 3 aromatic rings. The van der Waals surface area contributed by atoms with E-state index in [4.69, 9.17) is 4.74 Å². The van der Waals surface area contributed by atoms with Crippen molar-refractivity contribution in [2.75, 3.05) is 12.4 Å². The molecular formula is C23H24N2O4. The number of nitro benzene ring substituents is 1. The summed E-state index contributed by atoms with van der Waals surface area (Å²) in [6, 6.07) is 21.4. The number of benzene rings is 3. The van der Waals surface area contributed by atoms with Gasteiger partial charge in [0.25, 0.3) is 5.69 Å². The zero-order valence-electron chi connectivity index (χ0n) is 16.4. The third-order valence-electron chi connectivity index (χ3n) is 4.84. The maximum Gasteiger partial charge on any atom is 0.271 e. The van der Waals surface area contributed by atoms with Crippen LogP contribution in [0.4, 0.5) is 11.4 Å².